The molecule has 2 amide bonds. The maximum atomic E-state index is 13.0. The second kappa shape index (κ2) is 6.09. The molecule has 0 aromatic rings. The minimum Gasteiger partial charge on any atom is -0.351 e. The van der Waals surface area contributed by atoms with Gasteiger partial charge in [0.05, 0.1) is 0 Å². The van der Waals surface area contributed by atoms with Gasteiger partial charge in [-0.3, -0.25) is 9.59 Å². The summed E-state index contributed by atoms with van der Waals surface area (Å²) < 4.78 is 0. The van der Waals surface area contributed by atoms with Gasteiger partial charge in [-0.2, -0.15) is 0 Å². The highest BCUT2D eigenvalue weighted by atomic mass is 16.2. The van der Waals surface area contributed by atoms with Gasteiger partial charge in [0.2, 0.25) is 11.8 Å². The van der Waals surface area contributed by atoms with Crippen molar-refractivity contribution in [1.82, 2.24) is 10.6 Å². The Hall–Kier alpha value is -1.32. The molecule has 0 aromatic heterocycles. The molecule has 2 N–H and O–H groups in total. The van der Waals surface area contributed by atoms with Crippen molar-refractivity contribution in [2.24, 2.45) is 34.5 Å². The Labute approximate surface area is 163 Å². The Balaban J connectivity index is 1.58. The first-order valence-corrected chi connectivity index (χ1v) is 10.9. The largest absolute Gasteiger partial charge is 0.351 e. The first-order valence-electron chi connectivity index (χ1n) is 10.9. The zero-order valence-electron chi connectivity index (χ0n) is 17.6. The molecule has 4 nitrogen and oxygen atoms in total. The minimum atomic E-state index is -0.167. The number of amides is 2. The minimum absolute atomic E-state index is 0.0661. The molecule has 1 aliphatic heterocycles. The molecule has 3 aliphatic carbocycles. The average Bonchev–Trinajstić information content (AvgIpc) is 2.91. The van der Waals surface area contributed by atoms with Gasteiger partial charge >= 0.3 is 0 Å². The summed E-state index contributed by atoms with van der Waals surface area (Å²) in [6.45, 7) is 11.0. The molecule has 7 atom stereocenters. The second-order valence-corrected chi connectivity index (χ2v) is 11.1. The lowest BCUT2D eigenvalue weighted by Gasteiger charge is -2.58. The number of hydrogen-bond acceptors (Lipinski definition) is 2. The van der Waals surface area contributed by atoms with Gasteiger partial charge in [-0.1, -0.05) is 19.9 Å². The van der Waals surface area contributed by atoms with Crippen LogP contribution in [-0.4, -0.2) is 23.4 Å². The maximum Gasteiger partial charge on any atom is 0.243 e. The highest BCUT2D eigenvalue weighted by Gasteiger charge is 2.60. The van der Waals surface area contributed by atoms with Crippen LogP contribution in [0, 0.1) is 34.5 Å². The third-order valence-corrected chi connectivity index (χ3v) is 8.50. The van der Waals surface area contributed by atoms with Crippen molar-refractivity contribution >= 4 is 11.8 Å². The lowest BCUT2D eigenvalue weighted by molar-refractivity contribution is -0.135. The molecule has 4 rings (SSSR count). The molecule has 0 radical (unpaired) electrons. The Morgan fingerprint density at radius 2 is 1.85 bits per heavy atom. The average molecular weight is 373 g/mol. The quantitative estimate of drug-likeness (QED) is 0.735. The van der Waals surface area contributed by atoms with E-state index in [-0.39, 0.29) is 40.1 Å². The van der Waals surface area contributed by atoms with Crippen LogP contribution in [0.3, 0.4) is 0 Å². The van der Waals surface area contributed by atoms with E-state index in [1.165, 1.54) is 19.3 Å². The molecule has 4 heteroatoms. The van der Waals surface area contributed by atoms with Crippen LogP contribution in [0.4, 0.5) is 0 Å². The van der Waals surface area contributed by atoms with E-state index >= 15 is 0 Å². The standard InChI is InChI=1S/C23H36N2O2/c1-21(2,3)25-20(27)17-8-7-15-14-6-9-18-23(5,13-11-19(26)24-18)16(14)10-12-22(15,17)4/h11,13-18H,6-10,12H2,1-5H3,(H,24,26)(H,25,27)/t14-,15-,16+,17-,18+,22-,23+/m0/s1. The summed E-state index contributed by atoms with van der Waals surface area (Å²) in [4.78, 5) is 24.9. The van der Waals surface area contributed by atoms with Gasteiger partial charge in [0.25, 0.3) is 0 Å². The molecular weight excluding hydrogens is 336 g/mol. The molecule has 150 valence electrons. The van der Waals surface area contributed by atoms with Gasteiger partial charge in [0.1, 0.15) is 0 Å². The number of carbonyl (C=O) groups excluding carboxylic acids is 2. The lowest BCUT2D eigenvalue weighted by atomic mass is 9.48. The zero-order chi connectivity index (χ0) is 19.6. The summed E-state index contributed by atoms with van der Waals surface area (Å²) in [6.07, 6.45) is 10.7. The molecule has 0 aromatic carbocycles. The van der Waals surface area contributed by atoms with E-state index in [0.29, 0.717) is 17.8 Å². The van der Waals surface area contributed by atoms with Crippen molar-refractivity contribution in [3.05, 3.63) is 12.2 Å². The molecule has 4 aliphatic rings. The van der Waals surface area contributed by atoms with E-state index in [4.69, 9.17) is 0 Å². The smallest absolute Gasteiger partial charge is 0.243 e. The Kier molecular flexibility index (Phi) is 4.29. The molecule has 0 bridgehead atoms. The third-order valence-electron chi connectivity index (χ3n) is 8.50. The number of rotatable bonds is 1. The van der Waals surface area contributed by atoms with Crippen LogP contribution in [0.1, 0.15) is 73.1 Å². The van der Waals surface area contributed by atoms with Crippen LogP contribution in [0.2, 0.25) is 0 Å². The van der Waals surface area contributed by atoms with Gasteiger partial charge in [0.15, 0.2) is 0 Å². The van der Waals surface area contributed by atoms with Crippen molar-refractivity contribution in [3.8, 4) is 0 Å². The fourth-order valence-corrected chi connectivity index (χ4v) is 7.22. The van der Waals surface area contributed by atoms with Crippen LogP contribution in [-0.2, 0) is 9.59 Å². The second-order valence-electron chi connectivity index (χ2n) is 11.1. The molecule has 3 saturated carbocycles. The van der Waals surface area contributed by atoms with Crippen LogP contribution in [0.25, 0.3) is 0 Å². The molecule has 0 unspecified atom stereocenters. The van der Waals surface area contributed by atoms with E-state index in [1.54, 1.807) is 6.08 Å². The summed E-state index contributed by atoms with van der Waals surface area (Å²) in [7, 11) is 0. The molecule has 0 saturated heterocycles. The number of nitrogens with one attached hydrogen (secondary N) is 2. The van der Waals surface area contributed by atoms with Gasteiger partial charge in [-0.15, -0.1) is 0 Å². The topological polar surface area (TPSA) is 58.2 Å². The number of hydrogen-bond donors (Lipinski definition) is 2. The Morgan fingerprint density at radius 3 is 2.56 bits per heavy atom. The summed E-state index contributed by atoms with van der Waals surface area (Å²) >= 11 is 0. The van der Waals surface area contributed by atoms with Gasteiger partial charge in [0, 0.05) is 22.9 Å². The van der Waals surface area contributed by atoms with E-state index in [0.717, 1.165) is 19.3 Å². The van der Waals surface area contributed by atoms with Crippen molar-refractivity contribution in [3.63, 3.8) is 0 Å². The number of fused-ring (bicyclic) bond motifs is 5. The zero-order valence-corrected chi connectivity index (χ0v) is 17.6. The first kappa shape index (κ1) is 19.0. The van der Waals surface area contributed by atoms with Gasteiger partial charge in [-0.05, 0) is 88.5 Å². The van der Waals surface area contributed by atoms with Crippen LogP contribution >= 0.6 is 0 Å². The first-order chi connectivity index (χ1) is 12.5. The summed E-state index contributed by atoms with van der Waals surface area (Å²) in [6, 6.07) is 0.280. The maximum absolute atomic E-state index is 13.0. The Morgan fingerprint density at radius 1 is 1.11 bits per heavy atom. The van der Waals surface area contributed by atoms with E-state index in [2.05, 4.69) is 51.3 Å². The lowest BCUT2D eigenvalue weighted by Crippen LogP contribution is -2.59. The molecular formula is C23H36N2O2. The highest BCUT2D eigenvalue weighted by molar-refractivity contribution is 5.89. The normalized spacial score (nSPS) is 46.1. The van der Waals surface area contributed by atoms with E-state index in [1.807, 2.05) is 0 Å². The summed E-state index contributed by atoms with van der Waals surface area (Å²) in [5.41, 5.74) is 0.0323. The predicted molar refractivity (Wildman–Crippen MR) is 107 cm³/mol. The van der Waals surface area contributed by atoms with E-state index in [9.17, 15) is 9.59 Å². The fourth-order valence-electron chi connectivity index (χ4n) is 7.22. The molecule has 27 heavy (non-hydrogen) atoms. The number of carbonyl (C=O) groups is 2. The van der Waals surface area contributed by atoms with Crippen molar-refractivity contribution in [2.75, 3.05) is 0 Å². The summed E-state index contributed by atoms with van der Waals surface area (Å²) in [5.74, 6) is 2.41. The Bertz CT molecular complexity index is 678. The molecule has 1 heterocycles. The SMILES string of the molecule is CC(C)(C)NC(=O)[C@@H]1CC[C@H]2[C@@H]3CC[C@H]4NC(=O)C=C[C@]4(C)[C@@H]3CC[C@]12C. The fraction of sp³-hybridized carbons (Fsp3) is 0.826. The van der Waals surface area contributed by atoms with Gasteiger partial charge in [-0.25, -0.2) is 0 Å². The molecule has 3 fully saturated rings. The van der Waals surface area contributed by atoms with Gasteiger partial charge < -0.3 is 10.6 Å². The summed E-state index contributed by atoms with van der Waals surface area (Å²) in [5, 5.41) is 6.48. The van der Waals surface area contributed by atoms with Crippen LogP contribution in [0.5, 0.6) is 0 Å². The van der Waals surface area contributed by atoms with Crippen molar-refractivity contribution in [1.29, 1.82) is 0 Å². The highest BCUT2D eigenvalue weighted by Crippen LogP contribution is 2.65. The van der Waals surface area contributed by atoms with Crippen molar-refractivity contribution in [2.45, 2.75) is 84.7 Å². The van der Waals surface area contributed by atoms with Crippen LogP contribution in [0.15, 0.2) is 12.2 Å². The third kappa shape index (κ3) is 2.94. The van der Waals surface area contributed by atoms with E-state index < -0.39 is 0 Å². The molecule has 0 spiro atoms. The van der Waals surface area contributed by atoms with Crippen molar-refractivity contribution < 1.29 is 9.59 Å². The predicted octanol–water partition coefficient (Wildman–Crippen LogP) is 3.81. The monoisotopic (exact) mass is 372 g/mol. The van der Waals surface area contributed by atoms with Crippen LogP contribution < -0.4 is 10.6 Å².